The fourth-order valence-corrected chi connectivity index (χ4v) is 4.68. The van der Waals surface area contributed by atoms with Gasteiger partial charge in [-0.3, -0.25) is 0 Å². The summed E-state index contributed by atoms with van der Waals surface area (Å²) in [5.74, 6) is 0.893. The molecule has 1 aliphatic heterocycles. The van der Waals surface area contributed by atoms with Crippen molar-refractivity contribution in [2.75, 3.05) is 18.6 Å². The fraction of sp³-hybridized carbons (Fsp3) is 0.435. The van der Waals surface area contributed by atoms with Crippen LogP contribution in [0.5, 0.6) is 5.75 Å². The molecule has 2 heterocycles. The number of alkyl halides is 3. The van der Waals surface area contributed by atoms with Crippen LogP contribution in [-0.4, -0.2) is 30.7 Å². The van der Waals surface area contributed by atoms with E-state index in [0.717, 1.165) is 54.6 Å². The number of methoxy groups -OCH3 is 1. The van der Waals surface area contributed by atoms with E-state index in [0.29, 0.717) is 17.4 Å². The molecule has 0 unspecified atom stereocenters. The lowest BCUT2D eigenvalue weighted by Crippen LogP contribution is -2.33. The minimum Gasteiger partial charge on any atom is -0.494 e. The molecule has 7 heteroatoms. The van der Waals surface area contributed by atoms with Gasteiger partial charge < -0.3 is 19.0 Å². The predicted molar refractivity (Wildman–Crippen MR) is 111 cm³/mol. The first kappa shape index (κ1) is 20.6. The van der Waals surface area contributed by atoms with E-state index >= 15 is 0 Å². The van der Waals surface area contributed by atoms with Crippen molar-refractivity contribution in [3.8, 4) is 5.75 Å². The van der Waals surface area contributed by atoms with Crippen molar-refractivity contribution in [3.05, 3.63) is 47.8 Å². The highest BCUT2D eigenvalue weighted by atomic mass is 19.4. The minimum atomic E-state index is -4.45. The quantitative estimate of drug-likeness (QED) is 0.617. The Balaban J connectivity index is 1.75. The highest BCUT2D eigenvalue weighted by molar-refractivity contribution is 5.89. The molecule has 2 aromatic rings. The van der Waals surface area contributed by atoms with Gasteiger partial charge in [0.15, 0.2) is 0 Å². The fourth-order valence-electron chi connectivity index (χ4n) is 4.68. The Morgan fingerprint density at radius 3 is 2.50 bits per heavy atom. The van der Waals surface area contributed by atoms with Crippen LogP contribution in [0.4, 0.5) is 18.9 Å². The van der Waals surface area contributed by atoms with E-state index in [9.17, 15) is 18.0 Å². The van der Waals surface area contributed by atoms with Crippen molar-refractivity contribution in [3.63, 3.8) is 0 Å². The standard InChI is InChI=1S/C23H25F3N2O2/c1-27-18(16-8-6-15(14-29)7-9-16)11-17-12-20(21(30-2)13-19(17)27)28-10-4-3-5-22(28)23(24,25)26/h3-5,11-16H,6-10H2,1-2H3. The van der Waals surface area contributed by atoms with Gasteiger partial charge in [0, 0.05) is 36.7 Å². The van der Waals surface area contributed by atoms with Crippen molar-refractivity contribution >= 4 is 22.9 Å². The number of benzene rings is 1. The Kier molecular flexibility index (Phi) is 5.38. The van der Waals surface area contributed by atoms with Gasteiger partial charge in [0.2, 0.25) is 0 Å². The number of aromatic nitrogens is 1. The lowest BCUT2D eigenvalue weighted by atomic mass is 9.81. The van der Waals surface area contributed by atoms with E-state index in [4.69, 9.17) is 4.74 Å². The molecule has 30 heavy (non-hydrogen) atoms. The Hall–Kier alpha value is -2.70. The number of allylic oxidation sites excluding steroid dienone is 3. The number of hydrogen-bond acceptors (Lipinski definition) is 3. The summed E-state index contributed by atoms with van der Waals surface area (Å²) < 4.78 is 48.3. The Morgan fingerprint density at radius 2 is 1.87 bits per heavy atom. The van der Waals surface area contributed by atoms with Crippen LogP contribution in [0.15, 0.2) is 42.1 Å². The van der Waals surface area contributed by atoms with Crippen LogP contribution in [0.25, 0.3) is 10.9 Å². The molecular weight excluding hydrogens is 393 g/mol. The number of aldehydes is 1. The Labute approximate surface area is 173 Å². The number of carbonyl (C=O) groups excluding carboxylic acids is 1. The molecule has 1 aromatic heterocycles. The first-order valence-corrected chi connectivity index (χ1v) is 10.2. The van der Waals surface area contributed by atoms with Crippen LogP contribution in [0.2, 0.25) is 0 Å². The molecule has 0 bridgehead atoms. The van der Waals surface area contributed by atoms with Crippen LogP contribution in [0, 0.1) is 5.92 Å². The number of ether oxygens (including phenoxy) is 1. The van der Waals surface area contributed by atoms with Crippen LogP contribution in [-0.2, 0) is 11.8 Å². The zero-order valence-electron chi connectivity index (χ0n) is 17.1. The summed E-state index contributed by atoms with van der Waals surface area (Å²) in [5, 5.41) is 0.886. The second kappa shape index (κ2) is 7.85. The van der Waals surface area contributed by atoms with Gasteiger partial charge in [0.1, 0.15) is 17.7 Å². The molecule has 0 radical (unpaired) electrons. The van der Waals surface area contributed by atoms with Crippen molar-refractivity contribution in [2.45, 2.75) is 37.8 Å². The summed E-state index contributed by atoms with van der Waals surface area (Å²) in [6.07, 6.45) is 4.45. The van der Waals surface area contributed by atoms with E-state index in [1.807, 2.05) is 13.1 Å². The Bertz CT molecular complexity index is 1010. The molecule has 0 saturated heterocycles. The highest BCUT2D eigenvalue weighted by Gasteiger charge is 2.39. The maximum absolute atomic E-state index is 13.6. The second-order valence-corrected chi connectivity index (χ2v) is 8.05. The van der Waals surface area contributed by atoms with Crippen molar-refractivity contribution in [1.82, 2.24) is 4.57 Å². The molecular formula is C23H25F3N2O2. The van der Waals surface area contributed by atoms with E-state index in [2.05, 4.69) is 10.6 Å². The molecule has 0 atom stereocenters. The van der Waals surface area contributed by atoms with Crippen molar-refractivity contribution in [2.24, 2.45) is 13.0 Å². The molecule has 1 aromatic carbocycles. The molecule has 1 aliphatic carbocycles. The first-order chi connectivity index (χ1) is 14.3. The maximum atomic E-state index is 13.6. The average Bonchev–Trinajstić information content (AvgIpc) is 3.08. The molecule has 2 aliphatic rings. The summed E-state index contributed by atoms with van der Waals surface area (Å²) in [5.41, 5.74) is 1.78. The van der Waals surface area contributed by atoms with Crippen LogP contribution < -0.4 is 9.64 Å². The van der Waals surface area contributed by atoms with E-state index in [1.54, 1.807) is 12.1 Å². The summed E-state index contributed by atoms with van der Waals surface area (Å²) >= 11 is 0. The van der Waals surface area contributed by atoms with Gasteiger partial charge in [-0.15, -0.1) is 0 Å². The van der Waals surface area contributed by atoms with Gasteiger partial charge in [-0.25, -0.2) is 0 Å². The van der Waals surface area contributed by atoms with Gasteiger partial charge >= 0.3 is 6.18 Å². The maximum Gasteiger partial charge on any atom is 0.431 e. The normalized spacial score (nSPS) is 22.3. The van der Waals surface area contributed by atoms with Gasteiger partial charge in [0.25, 0.3) is 0 Å². The summed E-state index contributed by atoms with van der Waals surface area (Å²) in [7, 11) is 3.46. The zero-order valence-corrected chi connectivity index (χ0v) is 17.1. The third-order valence-electron chi connectivity index (χ3n) is 6.31. The lowest BCUT2D eigenvalue weighted by molar-refractivity contribution is -0.112. The molecule has 0 N–H and O–H groups in total. The van der Waals surface area contributed by atoms with Gasteiger partial charge in [-0.2, -0.15) is 13.2 Å². The monoisotopic (exact) mass is 418 g/mol. The first-order valence-electron chi connectivity index (χ1n) is 10.2. The third kappa shape index (κ3) is 3.61. The number of rotatable bonds is 4. The molecule has 1 fully saturated rings. The van der Waals surface area contributed by atoms with E-state index in [1.165, 1.54) is 18.1 Å². The largest absolute Gasteiger partial charge is 0.494 e. The van der Waals surface area contributed by atoms with E-state index in [-0.39, 0.29) is 12.5 Å². The molecule has 1 saturated carbocycles. The van der Waals surface area contributed by atoms with E-state index < -0.39 is 11.9 Å². The molecule has 4 nitrogen and oxygen atoms in total. The molecule has 4 rings (SSSR count). The molecule has 0 amide bonds. The number of halogens is 3. The van der Waals surface area contributed by atoms with Gasteiger partial charge in [0.05, 0.1) is 18.3 Å². The Morgan fingerprint density at radius 1 is 1.13 bits per heavy atom. The summed E-state index contributed by atoms with van der Waals surface area (Å²) in [6.45, 7) is 0.128. The van der Waals surface area contributed by atoms with Crippen LogP contribution >= 0.6 is 0 Å². The van der Waals surface area contributed by atoms with Crippen molar-refractivity contribution in [1.29, 1.82) is 0 Å². The summed E-state index contributed by atoms with van der Waals surface area (Å²) in [4.78, 5) is 12.3. The number of anilines is 1. The van der Waals surface area contributed by atoms with Crippen LogP contribution in [0.3, 0.4) is 0 Å². The van der Waals surface area contributed by atoms with Crippen molar-refractivity contribution < 1.29 is 22.7 Å². The summed E-state index contributed by atoms with van der Waals surface area (Å²) in [6, 6.07) is 5.67. The van der Waals surface area contributed by atoms with Gasteiger partial charge in [-0.1, -0.05) is 12.2 Å². The van der Waals surface area contributed by atoms with Gasteiger partial charge in [-0.05, 0) is 49.8 Å². The topological polar surface area (TPSA) is 34.5 Å². The number of carbonyl (C=O) groups is 1. The van der Waals surface area contributed by atoms with Crippen LogP contribution in [0.1, 0.15) is 37.3 Å². The SMILES string of the molecule is COc1cc2c(cc1N1CC=CC=C1C(F)(F)F)cc(C1CCC(C=O)CC1)n2C. The highest BCUT2D eigenvalue weighted by Crippen LogP contribution is 2.43. The average molecular weight is 418 g/mol. The predicted octanol–water partition coefficient (Wildman–Crippen LogP) is 5.48. The number of hydrogen-bond donors (Lipinski definition) is 0. The number of nitrogens with zero attached hydrogens (tertiary/aromatic N) is 2. The minimum absolute atomic E-state index is 0.128. The molecule has 160 valence electrons. The molecule has 0 spiro atoms. The lowest BCUT2D eigenvalue weighted by Gasteiger charge is -2.30. The third-order valence-corrected chi connectivity index (χ3v) is 6.31. The smallest absolute Gasteiger partial charge is 0.431 e. The number of fused-ring (bicyclic) bond motifs is 1. The zero-order chi connectivity index (χ0) is 21.5. The second-order valence-electron chi connectivity index (χ2n) is 8.05. The number of aryl methyl sites for hydroxylation is 1.